The number of morpholine rings is 1. The van der Waals surface area contributed by atoms with E-state index in [1.807, 2.05) is 18.2 Å². The lowest BCUT2D eigenvalue weighted by Crippen LogP contribution is -2.47. The first-order chi connectivity index (χ1) is 8.63. The SMILES string of the molecule is CC(=O)c1ccc(N2CCOCC2CO)c(Br)c1. The van der Waals surface area contributed by atoms with Crippen LogP contribution in [0.5, 0.6) is 0 Å². The van der Waals surface area contributed by atoms with E-state index in [1.54, 1.807) is 6.92 Å². The molecule has 0 amide bonds. The van der Waals surface area contributed by atoms with Crippen LogP contribution in [0.2, 0.25) is 0 Å². The van der Waals surface area contributed by atoms with Crippen LogP contribution in [-0.4, -0.2) is 43.3 Å². The first-order valence-corrected chi connectivity index (χ1v) is 6.68. The lowest BCUT2D eigenvalue weighted by molar-refractivity contribution is 0.0726. The van der Waals surface area contributed by atoms with Gasteiger partial charge in [0.2, 0.25) is 0 Å². The van der Waals surface area contributed by atoms with Gasteiger partial charge in [0.1, 0.15) is 0 Å². The van der Waals surface area contributed by atoms with Crippen molar-refractivity contribution in [3.05, 3.63) is 28.2 Å². The molecule has 1 saturated heterocycles. The van der Waals surface area contributed by atoms with Gasteiger partial charge in [-0.15, -0.1) is 0 Å². The molecule has 0 aromatic heterocycles. The molecule has 0 bridgehead atoms. The van der Waals surface area contributed by atoms with Crippen molar-refractivity contribution in [1.82, 2.24) is 0 Å². The second-order valence-corrected chi connectivity index (χ2v) is 5.18. The van der Waals surface area contributed by atoms with E-state index in [-0.39, 0.29) is 18.4 Å². The number of carbonyl (C=O) groups is 1. The van der Waals surface area contributed by atoms with Crippen molar-refractivity contribution in [3.63, 3.8) is 0 Å². The van der Waals surface area contributed by atoms with Gasteiger partial charge in [-0.2, -0.15) is 0 Å². The lowest BCUT2D eigenvalue weighted by Gasteiger charge is -2.37. The van der Waals surface area contributed by atoms with Gasteiger partial charge in [-0.05, 0) is 41.1 Å². The van der Waals surface area contributed by atoms with Crippen LogP contribution in [0, 0.1) is 0 Å². The monoisotopic (exact) mass is 313 g/mol. The molecule has 2 rings (SSSR count). The minimum Gasteiger partial charge on any atom is -0.394 e. The van der Waals surface area contributed by atoms with E-state index in [2.05, 4.69) is 20.8 Å². The smallest absolute Gasteiger partial charge is 0.159 e. The maximum Gasteiger partial charge on any atom is 0.159 e. The van der Waals surface area contributed by atoms with Gasteiger partial charge in [0.05, 0.1) is 31.5 Å². The number of aliphatic hydroxyl groups excluding tert-OH is 1. The maximum atomic E-state index is 11.3. The minimum atomic E-state index is -0.0294. The second-order valence-electron chi connectivity index (χ2n) is 4.33. The summed E-state index contributed by atoms with van der Waals surface area (Å²) in [6.45, 7) is 3.52. The number of ketones is 1. The number of aliphatic hydroxyl groups is 1. The number of nitrogens with zero attached hydrogens (tertiary/aromatic N) is 1. The van der Waals surface area contributed by atoms with Crippen molar-refractivity contribution in [3.8, 4) is 0 Å². The number of hydrogen-bond donors (Lipinski definition) is 1. The Morgan fingerprint density at radius 3 is 3.00 bits per heavy atom. The number of hydrogen-bond acceptors (Lipinski definition) is 4. The van der Waals surface area contributed by atoms with Crippen LogP contribution < -0.4 is 4.90 Å². The van der Waals surface area contributed by atoms with E-state index in [4.69, 9.17) is 4.74 Å². The highest BCUT2D eigenvalue weighted by atomic mass is 79.9. The van der Waals surface area contributed by atoms with Gasteiger partial charge in [0.15, 0.2) is 5.78 Å². The second kappa shape index (κ2) is 5.82. The molecule has 18 heavy (non-hydrogen) atoms. The summed E-state index contributed by atoms with van der Waals surface area (Å²) < 4.78 is 6.23. The van der Waals surface area contributed by atoms with E-state index < -0.39 is 0 Å². The molecule has 1 atom stereocenters. The summed E-state index contributed by atoms with van der Waals surface area (Å²) in [6, 6.07) is 5.51. The highest BCUT2D eigenvalue weighted by molar-refractivity contribution is 9.10. The van der Waals surface area contributed by atoms with Gasteiger partial charge in [0, 0.05) is 16.6 Å². The van der Waals surface area contributed by atoms with Crippen LogP contribution in [0.4, 0.5) is 5.69 Å². The van der Waals surface area contributed by atoms with Gasteiger partial charge >= 0.3 is 0 Å². The molecule has 1 fully saturated rings. The Kier molecular flexibility index (Phi) is 4.37. The van der Waals surface area contributed by atoms with E-state index in [1.165, 1.54) is 0 Å². The number of halogens is 1. The zero-order valence-electron chi connectivity index (χ0n) is 10.2. The number of rotatable bonds is 3. The fourth-order valence-corrected chi connectivity index (χ4v) is 2.69. The minimum absolute atomic E-state index is 0.0294. The Morgan fingerprint density at radius 1 is 1.61 bits per heavy atom. The highest BCUT2D eigenvalue weighted by Gasteiger charge is 2.24. The molecule has 4 nitrogen and oxygen atoms in total. The molecular formula is C13H16BrNO3. The summed E-state index contributed by atoms with van der Waals surface area (Å²) in [5.41, 5.74) is 1.67. The van der Waals surface area contributed by atoms with Crippen LogP contribution in [-0.2, 0) is 4.74 Å². The molecule has 0 spiro atoms. The third-order valence-corrected chi connectivity index (χ3v) is 3.74. The van der Waals surface area contributed by atoms with Crippen LogP contribution >= 0.6 is 15.9 Å². The first kappa shape index (κ1) is 13.5. The Bertz CT molecular complexity index is 450. The van der Waals surface area contributed by atoms with Crippen molar-refractivity contribution < 1.29 is 14.6 Å². The van der Waals surface area contributed by atoms with Crippen molar-refractivity contribution in [2.75, 3.05) is 31.3 Å². The molecule has 1 aromatic rings. The van der Waals surface area contributed by atoms with Crippen molar-refractivity contribution in [2.24, 2.45) is 0 Å². The molecule has 0 aliphatic carbocycles. The summed E-state index contributed by atoms with van der Waals surface area (Å²) in [5.74, 6) is 0.0444. The largest absolute Gasteiger partial charge is 0.394 e. The normalized spacial score (nSPS) is 19.9. The number of ether oxygens (including phenoxy) is 1. The topological polar surface area (TPSA) is 49.8 Å². The predicted octanol–water partition coefficient (Wildman–Crippen LogP) is 1.85. The standard InChI is InChI=1S/C13H16BrNO3/c1-9(17)10-2-3-13(12(14)6-10)15-4-5-18-8-11(15)7-16/h2-3,6,11,16H,4-5,7-8H2,1H3. The molecule has 0 saturated carbocycles. The van der Waals surface area contributed by atoms with E-state index in [0.717, 1.165) is 16.7 Å². The average molecular weight is 314 g/mol. The third-order valence-electron chi connectivity index (χ3n) is 3.10. The Morgan fingerprint density at radius 2 is 2.39 bits per heavy atom. The van der Waals surface area contributed by atoms with Crippen LogP contribution in [0.3, 0.4) is 0 Å². The van der Waals surface area contributed by atoms with Crippen LogP contribution in [0.1, 0.15) is 17.3 Å². The molecule has 98 valence electrons. The van der Waals surface area contributed by atoms with E-state index >= 15 is 0 Å². The molecule has 1 aliphatic heterocycles. The Labute approximate surface area is 115 Å². The third kappa shape index (κ3) is 2.74. The highest BCUT2D eigenvalue weighted by Crippen LogP contribution is 2.30. The van der Waals surface area contributed by atoms with Crippen LogP contribution in [0.25, 0.3) is 0 Å². The quantitative estimate of drug-likeness (QED) is 0.865. The van der Waals surface area contributed by atoms with Gasteiger partial charge in [-0.3, -0.25) is 4.79 Å². The number of carbonyl (C=O) groups excluding carboxylic acids is 1. The molecule has 0 radical (unpaired) electrons. The molecular weight excluding hydrogens is 298 g/mol. The first-order valence-electron chi connectivity index (χ1n) is 5.89. The summed E-state index contributed by atoms with van der Waals surface area (Å²) in [7, 11) is 0. The Hall–Kier alpha value is -0.910. The summed E-state index contributed by atoms with van der Waals surface area (Å²) >= 11 is 3.49. The number of Topliss-reactive ketones (excluding diaryl/α,β-unsaturated/α-hetero) is 1. The Balaban J connectivity index is 2.29. The van der Waals surface area contributed by atoms with Gasteiger partial charge in [0.25, 0.3) is 0 Å². The molecule has 1 aromatic carbocycles. The van der Waals surface area contributed by atoms with Gasteiger partial charge in [-0.25, -0.2) is 0 Å². The van der Waals surface area contributed by atoms with Gasteiger partial charge in [-0.1, -0.05) is 0 Å². The zero-order valence-corrected chi connectivity index (χ0v) is 11.8. The lowest BCUT2D eigenvalue weighted by atomic mass is 10.1. The number of anilines is 1. The molecule has 1 aliphatic rings. The number of benzene rings is 1. The summed E-state index contributed by atoms with van der Waals surface area (Å²) in [6.07, 6.45) is 0. The molecule has 1 unspecified atom stereocenters. The predicted molar refractivity (Wildman–Crippen MR) is 73.2 cm³/mol. The van der Waals surface area contributed by atoms with E-state index in [0.29, 0.717) is 18.8 Å². The van der Waals surface area contributed by atoms with Crippen LogP contribution in [0.15, 0.2) is 22.7 Å². The average Bonchev–Trinajstić information content (AvgIpc) is 2.38. The maximum absolute atomic E-state index is 11.3. The van der Waals surface area contributed by atoms with Crippen molar-refractivity contribution in [1.29, 1.82) is 0 Å². The molecule has 1 N–H and O–H groups in total. The zero-order chi connectivity index (χ0) is 13.1. The fraction of sp³-hybridized carbons (Fsp3) is 0.462. The molecule has 1 heterocycles. The van der Waals surface area contributed by atoms with Crippen molar-refractivity contribution in [2.45, 2.75) is 13.0 Å². The van der Waals surface area contributed by atoms with Crippen molar-refractivity contribution >= 4 is 27.4 Å². The van der Waals surface area contributed by atoms with Gasteiger partial charge < -0.3 is 14.7 Å². The fourth-order valence-electron chi connectivity index (χ4n) is 2.08. The summed E-state index contributed by atoms with van der Waals surface area (Å²) in [5, 5.41) is 9.37. The summed E-state index contributed by atoms with van der Waals surface area (Å²) in [4.78, 5) is 13.4. The molecule has 5 heteroatoms. The van der Waals surface area contributed by atoms with E-state index in [9.17, 15) is 9.90 Å².